The van der Waals surface area contributed by atoms with E-state index in [0.717, 1.165) is 28.2 Å². The van der Waals surface area contributed by atoms with Crippen molar-refractivity contribution in [1.29, 1.82) is 0 Å². The van der Waals surface area contributed by atoms with Crippen LogP contribution in [0.3, 0.4) is 0 Å². The van der Waals surface area contributed by atoms with Crippen molar-refractivity contribution in [1.82, 2.24) is 9.55 Å². The lowest BCUT2D eigenvalue weighted by Gasteiger charge is -2.14. The second-order valence-corrected chi connectivity index (χ2v) is 5.97. The minimum Gasteiger partial charge on any atom is -0.486 e. The molecule has 0 saturated heterocycles. The third-order valence-corrected chi connectivity index (χ3v) is 4.24. The number of para-hydroxylation sites is 2. The largest absolute Gasteiger partial charge is 0.486 e. The van der Waals surface area contributed by atoms with E-state index in [1.54, 1.807) is 0 Å². The second-order valence-electron chi connectivity index (χ2n) is 5.97. The zero-order valence-corrected chi connectivity index (χ0v) is 14.7. The Morgan fingerprint density at radius 3 is 2.56 bits per heavy atom. The Labute approximate surface area is 147 Å². The molecule has 0 radical (unpaired) electrons. The van der Waals surface area contributed by atoms with Gasteiger partial charge in [-0.05, 0) is 36.8 Å². The van der Waals surface area contributed by atoms with Gasteiger partial charge in [-0.15, -0.1) is 0 Å². The minimum absolute atomic E-state index is 0.0266. The summed E-state index contributed by atoms with van der Waals surface area (Å²) in [5.41, 5.74) is 3.19. The van der Waals surface area contributed by atoms with Crippen molar-refractivity contribution < 1.29 is 14.6 Å². The molecule has 5 nitrogen and oxygen atoms in total. The Morgan fingerprint density at radius 2 is 1.88 bits per heavy atom. The van der Waals surface area contributed by atoms with Crippen molar-refractivity contribution in [3.8, 4) is 5.75 Å². The van der Waals surface area contributed by atoms with E-state index in [1.165, 1.54) is 0 Å². The first kappa shape index (κ1) is 17.5. The van der Waals surface area contributed by atoms with Crippen LogP contribution in [0.4, 0.5) is 0 Å². The summed E-state index contributed by atoms with van der Waals surface area (Å²) in [7, 11) is 2.00. The van der Waals surface area contributed by atoms with Crippen molar-refractivity contribution in [3.63, 3.8) is 0 Å². The molecule has 132 valence electrons. The van der Waals surface area contributed by atoms with Crippen molar-refractivity contribution in [3.05, 3.63) is 59.9 Å². The number of ether oxygens (including phenoxy) is 2. The van der Waals surface area contributed by atoms with Crippen LogP contribution in [0.25, 0.3) is 11.0 Å². The molecule has 0 amide bonds. The Kier molecular flexibility index (Phi) is 5.68. The maximum Gasteiger partial charge on any atom is 0.147 e. The monoisotopic (exact) mass is 340 g/mol. The van der Waals surface area contributed by atoms with E-state index in [9.17, 15) is 5.11 Å². The van der Waals surface area contributed by atoms with Crippen molar-refractivity contribution >= 4 is 11.0 Å². The molecule has 0 spiro atoms. The average molecular weight is 340 g/mol. The predicted octanol–water partition coefficient (Wildman–Crippen LogP) is 3.09. The fourth-order valence-corrected chi connectivity index (χ4v) is 2.87. The van der Waals surface area contributed by atoms with E-state index in [4.69, 9.17) is 9.47 Å². The second kappa shape index (κ2) is 8.14. The summed E-state index contributed by atoms with van der Waals surface area (Å²) >= 11 is 0. The highest BCUT2D eigenvalue weighted by Crippen LogP contribution is 2.18. The van der Waals surface area contributed by atoms with E-state index >= 15 is 0 Å². The quantitative estimate of drug-likeness (QED) is 0.685. The third-order valence-electron chi connectivity index (χ3n) is 4.24. The summed E-state index contributed by atoms with van der Waals surface area (Å²) in [5.74, 6) is 1.69. The lowest BCUT2D eigenvalue weighted by molar-refractivity contribution is 0.0207. The lowest BCUT2D eigenvalue weighted by atomic mass is 10.1. The molecule has 0 aliphatic rings. The van der Waals surface area contributed by atoms with Crippen molar-refractivity contribution in [2.24, 2.45) is 7.05 Å². The van der Waals surface area contributed by atoms with Gasteiger partial charge in [0.2, 0.25) is 0 Å². The number of fused-ring (bicyclic) bond motifs is 1. The fourth-order valence-electron chi connectivity index (χ4n) is 2.87. The summed E-state index contributed by atoms with van der Waals surface area (Å²) < 4.78 is 13.4. The highest BCUT2D eigenvalue weighted by molar-refractivity contribution is 5.75. The van der Waals surface area contributed by atoms with Crippen LogP contribution < -0.4 is 4.74 Å². The Morgan fingerprint density at radius 1 is 1.12 bits per heavy atom. The van der Waals surface area contributed by atoms with E-state index in [2.05, 4.69) is 15.6 Å². The zero-order chi connectivity index (χ0) is 17.6. The molecule has 0 unspecified atom stereocenters. The highest BCUT2D eigenvalue weighted by Gasteiger charge is 2.09. The molecule has 3 aromatic rings. The first-order valence-electron chi connectivity index (χ1n) is 8.55. The van der Waals surface area contributed by atoms with Crippen LogP contribution in [-0.2, 0) is 24.8 Å². The van der Waals surface area contributed by atoms with Crippen LogP contribution in [-0.4, -0.2) is 34.0 Å². The summed E-state index contributed by atoms with van der Waals surface area (Å²) in [4.78, 5) is 4.61. The van der Waals surface area contributed by atoms with Crippen LogP contribution in [0, 0.1) is 0 Å². The highest BCUT2D eigenvalue weighted by atomic mass is 16.5. The average Bonchev–Trinajstić information content (AvgIpc) is 2.97. The van der Waals surface area contributed by atoms with E-state index < -0.39 is 0 Å². The summed E-state index contributed by atoms with van der Waals surface area (Å²) in [6.45, 7) is 2.98. The number of benzene rings is 2. The molecule has 2 aromatic carbocycles. The normalized spacial score (nSPS) is 12.4. The molecule has 5 heteroatoms. The third kappa shape index (κ3) is 4.18. The molecule has 3 rings (SSSR count). The molecule has 25 heavy (non-hydrogen) atoms. The number of aryl methyl sites for hydroxylation is 1. The van der Waals surface area contributed by atoms with E-state index in [0.29, 0.717) is 19.6 Å². The number of imidazole rings is 1. The van der Waals surface area contributed by atoms with Crippen LogP contribution in [0.1, 0.15) is 18.3 Å². The fraction of sp³-hybridized carbons (Fsp3) is 0.350. The molecule has 1 atom stereocenters. The molecular formula is C20H24N2O3. The van der Waals surface area contributed by atoms with Crippen LogP contribution in [0.5, 0.6) is 5.75 Å². The topological polar surface area (TPSA) is 56.5 Å². The number of rotatable bonds is 8. The number of aliphatic hydroxyl groups is 1. The van der Waals surface area contributed by atoms with E-state index in [-0.39, 0.29) is 12.7 Å². The standard InChI is InChI=1S/C20H24N2O3/c1-3-24-17(13-23)12-15-8-10-16(11-9-15)25-14-20-21-18-6-4-5-7-19(18)22(20)2/h4-11,17,23H,3,12-14H2,1-2H3/t17-/m0/s1. The lowest BCUT2D eigenvalue weighted by Crippen LogP contribution is -2.20. The maximum atomic E-state index is 9.31. The predicted molar refractivity (Wildman–Crippen MR) is 97.7 cm³/mol. The van der Waals surface area contributed by atoms with Gasteiger partial charge >= 0.3 is 0 Å². The SMILES string of the molecule is CCO[C@H](CO)Cc1ccc(OCc2nc3ccccc3n2C)cc1. The minimum atomic E-state index is -0.156. The van der Waals surface area contributed by atoms with Crippen molar-refractivity contribution in [2.45, 2.75) is 26.1 Å². The van der Waals surface area contributed by atoms with Gasteiger partial charge in [-0.1, -0.05) is 24.3 Å². The number of aromatic nitrogens is 2. The van der Waals surface area contributed by atoms with Gasteiger partial charge in [-0.25, -0.2) is 4.98 Å². The molecule has 0 aliphatic heterocycles. The van der Waals surface area contributed by atoms with Gasteiger partial charge in [-0.3, -0.25) is 0 Å². The maximum absolute atomic E-state index is 9.31. The molecule has 0 aliphatic carbocycles. The number of aliphatic hydroxyl groups excluding tert-OH is 1. The smallest absolute Gasteiger partial charge is 0.147 e. The molecule has 0 bridgehead atoms. The molecule has 1 N–H and O–H groups in total. The van der Waals surface area contributed by atoms with Gasteiger partial charge < -0.3 is 19.1 Å². The van der Waals surface area contributed by atoms with Gasteiger partial charge in [0, 0.05) is 20.1 Å². The van der Waals surface area contributed by atoms with Crippen LogP contribution in [0.2, 0.25) is 0 Å². The Hall–Kier alpha value is -2.37. The Bertz CT molecular complexity index is 811. The first-order valence-corrected chi connectivity index (χ1v) is 8.55. The van der Waals surface area contributed by atoms with Gasteiger partial charge in [0.15, 0.2) is 0 Å². The first-order chi connectivity index (χ1) is 12.2. The van der Waals surface area contributed by atoms with Gasteiger partial charge in [0.1, 0.15) is 18.2 Å². The van der Waals surface area contributed by atoms with E-state index in [1.807, 2.05) is 56.4 Å². The molecule has 1 aromatic heterocycles. The molecule has 0 fully saturated rings. The van der Waals surface area contributed by atoms with Crippen molar-refractivity contribution in [2.75, 3.05) is 13.2 Å². The van der Waals surface area contributed by atoms with Gasteiger partial charge in [0.05, 0.1) is 23.7 Å². The number of hydrogen-bond donors (Lipinski definition) is 1. The zero-order valence-electron chi connectivity index (χ0n) is 14.7. The number of hydrogen-bond acceptors (Lipinski definition) is 4. The van der Waals surface area contributed by atoms with Crippen LogP contribution in [0.15, 0.2) is 48.5 Å². The molecule has 0 saturated carbocycles. The Balaban J connectivity index is 1.62. The molecular weight excluding hydrogens is 316 g/mol. The van der Waals surface area contributed by atoms with Gasteiger partial charge in [-0.2, -0.15) is 0 Å². The summed E-state index contributed by atoms with van der Waals surface area (Å²) in [6, 6.07) is 15.9. The van der Waals surface area contributed by atoms with Gasteiger partial charge in [0.25, 0.3) is 0 Å². The number of nitrogens with zero attached hydrogens (tertiary/aromatic N) is 2. The summed E-state index contributed by atoms with van der Waals surface area (Å²) in [5, 5.41) is 9.31. The molecule has 1 heterocycles. The van der Waals surface area contributed by atoms with Crippen LogP contribution >= 0.6 is 0 Å². The summed E-state index contributed by atoms with van der Waals surface area (Å²) in [6.07, 6.45) is 0.534.